The molecule has 0 bridgehead atoms. The third-order valence-corrected chi connectivity index (χ3v) is 10.3. The third-order valence-electron chi connectivity index (χ3n) is 7.44. The molecule has 0 amide bonds. The highest BCUT2D eigenvalue weighted by Crippen LogP contribution is 2.43. The van der Waals surface area contributed by atoms with Gasteiger partial charge in [0.1, 0.15) is 10.8 Å². The summed E-state index contributed by atoms with van der Waals surface area (Å²) >= 11 is 1.29. The summed E-state index contributed by atoms with van der Waals surface area (Å²) in [4.78, 5) is 21.0. The molecule has 4 heterocycles. The molecule has 7 nitrogen and oxygen atoms in total. The number of nitrogens with zero attached hydrogens (tertiary/aromatic N) is 3. The highest BCUT2D eigenvalue weighted by Gasteiger charge is 2.41. The van der Waals surface area contributed by atoms with Crippen molar-refractivity contribution in [3.05, 3.63) is 40.6 Å². The van der Waals surface area contributed by atoms with Gasteiger partial charge in [0.2, 0.25) is 0 Å². The first kappa shape index (κ1) is 21.9. The molecule has 172 valence electrons. The van der Waals surface area contributed by atoms with Crippen LogP contribution in [0.4, 0.5) is 5.13 Å². The molecule has 0 N–H and O–H groups in total. The van der Waals surface area contributed by atoms with Crippen molar-refractivity contribution in [3.63, 3.8) is 0 Å². The van der Waals surface area contributed by atoms with Gasteiger partial charge in [-0.3, -0.25) is 0 Å². The summed E-state index contributed by atoms with van der Waals surface area (Å²) in [6.07, 6.45) is 7.19. The first-order valence-corrected chi connectivity index (χ1v) is 13.9. The summed E-state index contributed by atoms with van der Waals surface area (Å²) in [7, 11) is -3.19. The zero-order chi connectivity index (χ0) is 22.5. The highest BCUT2D eigenvalue weighted by molar-refractivity contribution is 7.92. The number of sulfone groups is 1. The smallest absolute Gasteiger partial charge is 0.338 e. The first-order valence-electron chi connectivity index (χ1n) is 11.2. The molecule has 9 heteroatoms. The van der Waals surface area contributed by atoms with Gasteiger partial charge in [0.25, 0.3) is 0 Å². The second-order valence-corrected chi connectivity index (χ2v) is 12.7. The number of carbonyl (C=O) groups excluding carboxylic acids is 1. The number of cyclic esters (lactones) is 1. The summed E-state index contributed by atoms with van der Waals surface area (Å²) in [5.41, 5.74) is 4.59. The van der Waals surface area contributed by atoms with Gasteiger partial charge in [-0.2, -0.15) is 0 Å². The number of esters is 1. The van der Waals surface area contributed by atoms with E-state index in [1.165, 1.54) is 47.8 Å². The maximum atomic E-state index is 11.8. The second kappa shape index (κ2) is 8.11. The minimum absolute atomic E-state index is 0.202. The maximum Gasteiger partial charge on any atom is 0.338 e. The summed E-state index contributed by atoms with van der Waals surface area (Å²) in [5, 5.41) is 0.833. The number of aromatic nitrogens is 1. The lowest BCUT2D eigenvalue weighted by molar-refractivity contribution is 0.0535. The van der Waals surface area contributed by atoms with E-state index in [2.05, 4.69) is 27.8 Å². The predicted octanol–water partition coefficient (Wildman–Crippen LogP) is 3.06. The molecular weight excluding hydrogens is 446 g/mol. The van der Waals surface area contributed by atoms with E-state index in [0.29, 0.717) is 16.2 Å². The molecule has 32 heavy (non-hydrogen) atoms. The number of likely N-dealkylation sites (tertiary alicyclic amines) is 1. The van der Waals surface area contributed by atoms with Gasteiger partial charge in [-0.15, -0.1) is 0 Å². The Kier molecular flexibility index (Phi) is 5.54. The van der Waals surface area contributed by atoms with Gasteiger partial charge < -0.3 is 14.5 Å². The van der Waals surface area contributed by atoms with E-state index in [4.69, 9.17) is 4.74 Å². The average molecular weight is 476 g/mol. The molecule has 2 saturated heterocycles. The average Bonchev–Trinajstić information content (AvgIpc) is 3.48. The number of hydrogen-bond acceptors (Lipinski definition) is 8. The Balaban J connectivity index is 1.16. The van der Waals surface area contributed by atoms with E-state index < -0.39 is 9.84 Å². The van der Waals surface area contributed by atoms with Crippen molar-refractivity contribution in [1.29, 1.82) is 0 Å². The van der Waals surface area contributed by atoms with E-state index in [0.717, 1.165) is 61.8 Å². The molecule has 3 aliphatic heterocycles. The molecule has 1 aromatic heterocycles. The summed E-state index contributed by atoms with van der Waals surface area (Å²) < 4.78 is 29.1. The number of ether oxygens (including phenoxy) is 1. The topological polar surface area (TPSA) is 79.8 Å². The van der Waals surface area contributed by atoms with Crippen LogP contribution < -0.4 is 4.90 Å². The van der Waals surface area contributed by atoms with Crippen molar-refractivity contribution in [3.8, 4) is 0 Å². The third kappa shape index (κ3) is 4.06. The lowest BCUT2D eigenvalue weighted by Crippen LogP contribution is -2.42. The predicted molar refractivity (Wildman–Crippen MR) is 124 cm³/mol. The summed E-state index contributed by atoms with van der Waals surface area (Å²) in [5.74, 6) is -0.202. The fraction of sp³-hybridized carbons (Fsp3) is 0.565. The van der Waals surface area contributed by atoms with Crippen LogP contribution in [0.1, 0.15) is 46.3 Å². The Morgan fingerprint density at radius 2 is 1.94 bits per heavy atom. The van der Waals surface area contributed by atoms with E-state index >= 15 is 0 Å². The molecule has 2 aromatic rings. The first-order chi connectivity index (χ1) is 15.2. The molecule has 1 spiro atoms. The second-order valence-electron chi connectivity index (χ2n) is 9.45. The molecule has 0 atom stereocenters. The van der Waals surface area contributed by atoms with Crippen LogP contribution in [-0.4, -0.2) is 63.3 Å². The minimum Gasteiger partial charge on any atom is -0.457 e. The van der Waals surface area contributed by atoms with E-state index in [9.17, 15) is 13.2 Å². The van der Waals surface area contributed by atoms with Gasteiger partial charge in [-0.05, 0) is 68.3 Å². The van der Waals surface area contributed by atoms with Crippen LogP contribution in [0.5, 0.6) is 0 Å². The fourth-order valence-corrected chi connectivity index (χ4v) is 7.02. The van der Waals surface area contributed by atoms with E-state index in [1.807, 2.05) is 6.07 Å². The van der Waals surface area contributed by atoms with Crippen molar-refractivity contribution in [2.45, 2.75) is 43.4 Å². The van der Waals surface area contributed by atoms with Gasteiger partial charge in [-0.1, -0.05) is 17.4 Å². The van der Waals surface area contributed by atoms with Crippen molar-refractivity contribution < 1.29 is 17.9 Å². The summed E-state index contributed by atoms with van der Waals surface area (Å²) in [6, 6.07) is 4.00. The van der Waals surface area contributed by atoms with Crippen LogP contribution >= 0.6 is 11.3 Å². The SMILES string of the molecule is Cc1c(CCN2CCC3(CC2)CCN(c2ncc(S(C)(=O)=O)s2)C3)ccc2c1COC2=O. The molecule has 0 saturated carbocycles. The number of benzene rings is 1. The minimum atomic E-state index is -3.19. The number of anilines is 1. The normalized spacial score (nSPS) is 20.7. The number of carbonyl (C=O) groups is 1. The molecule has 0 unspecified atom stereocenters. The number of thiazole rings is 1. The number of rotatable bonds is 5. The fourth-order valence-electron chi connectivity index (χ4n) is 5.27. The number of piperidine rings is 1. The van der Waals surface area contributed by atoms with E-state index in [-0.39, 0.29) is 5.97 Å². The maximum absolute atomic E-state index is 11.8. The van der Waals surface area contributed by atoms with Crippen molar-refractivity contribution in [1.82, 2.24) is 9.88 Å². The van der Waals surface area contributed by atoms with Crippen molar-refractivity contribution in [2.24, 2.45) is 5.41 Å². The van der Waals surface area contributed by atoms with Crippen molar-refractivity contribution >= 4 is 32.3 Å². The Labute approximate surface area is 193 Å². The van der Waals surface area contributed by atoms with Crippen LogP contribution in [0.3, 0.4) is 0 Å². The molecule has 0 radical (unpaired) electrons. The van der Waals surface area contributed by atoms with Crippen LogP contribution in [-0.2, 0) is 27.6 Å². The standard InChI is InChI=1S/C23H29N3O4S2/c1-16-17(3-4-18-19(16)14-30-21(18)27)5-9-25-10-6-23(7-11-25)8-12-26(15-23)22-24-13-20(31-22)32(2,28)29/h3-4,13H,5-12,14-15H2,1-2H3. The number of fused-ring (bicyclic) bond motifs is 1. The Bertz CT molecular complexity index is 1150. The van der Waals surface area contributed by atoms with Gasteiger partial charge in [0.15, 0.2) is 15.0 Å². The Hall–Kier alpha value is -1.97. The zero-order valence-corrected chi connectivity index (χ0v) is 20.2. The lowest BCUT2D eigenvalue weighted by Gasteiger charge is -2.39. The van der Waals surface area contributed by atoms with Crippen LogP contribution in [0.25, 0.3) is 0 Å². The van der Waals surface area contributed by atoms with E-state index in [1.54, 1.807) is 0 Å². The van der Waals surface area contributed by atoms with Gasteiger partial charge in [0.05, 0.1) is 11.8 Å². The Morgan fingerprint density at radius 1 is 1.19 bits per heavy atom. The van der Waals surface area contributed by atoms with Crippen molar-refractivity contribution in [2.75, 3.05) is 43.9 Å². The molecule has 1 aromatic carbocycles. The monoisotopic (exact) mass is 475 g/mol. The van der Waals surface area contributed by atoms with Crippen LogP contribution in [0.2, 0.25) is 0 Å². The number of hydrogen-bond donors (Lipinski definition) is 0. The quantitative estimate of drug-likeness (QED) is 0.615. The van der Waals surface area contributed by atoms with Gasteiger partial charge in [-0.25, -0.2) is 18.2 Å². The zero-order valence-electron chi connectivity index (χ0n) is 18.6. The largest absolute Gasteiger partial charge is 0.457 e. The molecule has 2 fully saturated rings. The molecule has 0 aliphatic carbocycles. The molecular formula is C23H29N3O4S2. The Morgan fingerprint density at radius 3 is 2.66 bits per heavy atom. The summed E-state index contributed by atoms with van der Waals surface area (Å²) in [6.45, 7) is 7.63. The van der Waals surface area contributed by atoms with Gasteiger partial charge in [0, 0.05) is 31.5 Å². The lowest BCUT2D eigenvalue weighted by atomic mass is 9.77. The highest BCUT2D eigenvalue weighted by atomic mass is 32.2. The molecule has 3 aliphatic rings. The van der Waals surface area contributed by atoms with Crippen LogP contribution in [0.15, 0.2) is 22.5 Å². The van der Waals surface area contributed by atoms with Gasteiger partial charge >= 0.3 is 5.97 Å². The van der Waals surface area contributed by atoms with Crippen LogP contribution in [0, 0.1) is 12.3 Å². The molecule has 5 rings (SSSR count).